The molecule has 4 rings (SSSR count). The minimum Gasteiger partial charge on any atom is -0.495 e. The summed E-state index contributed by atoms with van der Waals surface area (Å²) in [6, 6.07) is 19.8. The Morgan fingerprint density at radius 2 is 1.57 bits per heavy atom. The maximum absolute atomic E-state index is 13.1. The summed E-state index contributed by atoms with van der Waals surface area (Å²) in [5.74, 6) is -2.01. The lowest BCUT2D eigenvalue weighted by Gasteiger charge is -2.27. The Morgan fingerprint density at radius 3 is 2.19 bits per heavy atom. The summed E-state index contributed by atoms with van der Waals surface area (Å²) in [6.45, 7) is 1.88. The Bertz CT molecular complexity index is 1790. The van der Waals surface area contributed by atoms with Gasteiger partial charge < -0.3 is 36.4 Å². The average molecular weight is 639 g/mol. The first-order valence-corrected chi connectivity index (χ1v) is 14.4. The van der Waals surface area contributed by atoms with Gasteiger partial charge in [-0.25, -0.2) is 9.78 Å². The Kier molecular flexibility index (Phi) is 10.9. The number of hydrogen-bond acceptors (Lipinski definition) is 7. The second-order valence-corrected chi connectivity index (χ2v) is 10.6. The number of urea groups is 1. The number of carbonyl (C=O) groups is 5. The number of methoxy groups -OCH3 is 1. The molecule has 0 fully saturated rings. The van der Waals surface area contributed by atoms with E-state index in [0.717, 1.165) is 5.56 Å². The number of nitrogens with zero attached hydrogens (tertiary/aromatic N) is 2. The molecule has 0 radical (unpaired) electrons. The van der Waals surface area contributed by atoms with Crippen LogP contribution in [0.3, 0.4) is 0 Å². The normalized spacial score (nSPS) is 11.1. The van der Waals surface area contributed by atoms with E-state index in [1.807, 2.05) is 25.1 Å². The van der Waals surface area contributed by atoms with Crippen molar-refractivity contribution >= 4 is 46.9 Å². The summed E-state index contributed by atoms with van der Waals surface area (Å²) in [6.07, 6.45) is 0.979. The Balaban J connectivity index is 1.39. The van der Waals surface area contributed by atoms with Gasteiger partial charge in [0.2, 0.25) is 11.8 Å². The molecule has 5 amide bonds. The number of carboxylic acid groups (broad SMARTS) is 1. The number of carbonyl (C=O) groups excluding carboxylic acids is 4. The highest BCUT2D eigenvalue weighted by Crippen LogP contribution is 2.28. The number of primary amides is 1. The van der Waals surface area contributed by atoms with Gasteiger partial charge in [-0.15, -0.1) is 0 Å². The molecule has 1 unspecified atom stereocenters. The average Bonchev–Trinajstić information content (AvgIpc) is 3.05. The summed E-state index contributed by atoms with van der Waals surface area (Å²) in [4.78, 5) is 67.0. The van der Waals surface area contributed by atoms with Gasteiger partial charge in [0.05, 0.1) is 31.7 Å². The number of ether oxygens (including phenoxy) is 1. The molecular formula is C34H34N6O7. The molecule has 13 nitrogen and oxygen atoms in total. The number of amides is 5. The van der Waals surface area contributed by atoms with E-state index in [1.165, 1.54) is 55.6 Å². The molecule has 0 aliphatic rings. The highest BCUT2D eigenvalue weighted by atomic mass is 16.5. The standard InChI is InChI=1S/C34H34N6O7/c1-20-6-4-5-7-25(20)37-34(46)38-26-14-8-21(16-28(26)47-3)17-30(41)39-29-15-13-24(19-36-29)27(18-31(42)43)40(2)33(45)23-11-9-22(10-12-23)32(35)44/h4-16,19,27H,17-18H2,1-3H3,(H2,35,44)(H,42,43)(H,36,39,41)(H2,37,38,46). The number of rotatable bonds is 12. The number of hydrogen-bond donors (Lipinski definition) is 5. The van der Waals surface area contributed by atoms with Crippen LogP contribution in [0.25, 0.3) is 0 Å². The number of aryl methyl sites for hydroxylation is 1. The summed E-state index contributed by atoms with van der Waals surface area (Å²) < 4.78 is 5.43. The molecule has 242 valence electrons. The van der Waals surface area contributed by atoms with Crippen LogP contribution in [0.1, 0.15) is 49.9 Å². The zero-order valence-corrected chi connectivity index (χ0v) is 25.9. The monoisotopic (exact) mass is 638 g/mol. The molecule has 0 bridgehead atoms. The molecule has 47 heavy (non-hydrogen) atoms. The van der Waals surface area contributed by atoms with E-state index >= 15 is 0 Å². The quantitative estimate of drug-likeness (QED) is 0.148. The van der Waals surface area contributed by atoms with E-state index in [2.05, 4.69) is 20.9 Å². The van der Waals surface area contributed by atoms with Crippen molar-refractivity contribution in [3.05, 3.63) is 113 Å². The van der Waals surface area contributed by atoms with Crippen molar-refractivity contribution in [3.63, 3.8) is 0 Å². The lowest BCUT2D eigenvalue weighted by Crippen LogP contribution is -2.33. The van der Waals surface area contributed by atoms with E-state index in [9.17, 15) is 29.1 Å². The fraction of sp³-hybridized carbons (Fsp3) is 0.176. The minimum absolute atomic E-state index is 0.0249. The van der Waals surface area contributed by atoms with Gasteiger partial charge in [-0.2, -0.15) is 0 Å². The van der Waals surface area contributed by atoms with Crippen molar-refractivity contribution in [2.75, 3.05) is 30.1 Å². The van der Waals surface area contributed by atoms with Crippen molar-refractivity contribution in [2.24, 2.45) is 5.73 Å². The molecule has 13 heteroatoms. The highest BCUT2D eigenvalue weighted by Gasteiger charge is 2.26. The predicted molar refractivity (Wildman–Crippen MR) is 175 cm³/mol. The highest BCUT2D eigenvalue weighted by molar-refractivity contribution is 6.01. The van der Waals surface area contributed by atoms with E-state index in [4.69, 9.17) is 10.5 Å². The number of para-hydroxylation sites is 1. The van der Waals surface area contributed by atoms with Gasteiger partial charge >= 0.3 is 12.0 Å². The maximum atomic E-state index is 13.1. The smallest absolute Gasteiger partial charge is 0.323 e. The van der Waals surface area contributed by atoms with E-state index in [0.29, 0.717) is 28.3 Å². The molecule has 0 aliphatic carbocycles. The first-order valence-electron chi connectivity index (χ1n) is 14.4. The van der Waals surface area contributed by atoms with Crippen molar-refractivity contribution in [1.29, 1.82) is 0 Å². The van der Waals surface area contributed by atoms with E-state index < -0.39 is 36.3 Å². The number of nitrogens with two attached hydrogens (primary N) is 1. The lowest BCUT2D eigenvalue weighted by atomic mass is 10.0. The maximum Gasteiger partial charge on any atom is 0.323 e. The summed E-state index contributed by atoms with van der Waals surface area (Å²) in [7, 11) is 2.93. The number of pyridine rings is 1. The van der Waals surface area contributed by atoms with Gasteiger partial charge in [0, 0.05) is 30.1 Å². The Labute approximate surface area is 270 Å². The molecule has 6 N–H and O–H groups in total. The second-order valence-electron chi connectivity index (χ2n) is 10.6. The molecule has 0 aliphatic heterocycles. The molecule has 0 saturated carbocycles. The lowest BCUT2D eigenvalue weighted by molar-refractivity contribution is -0.138. The van der Waals surface area contributed by atoms with Crippen molar-refractivity contribution in [3.8, 4) is 5.75 Å². The second kappa shape index (κ2) is 15.2. The third-order valence-electron chi connectivity index (χ3n) is 7.28. The molecular weight excluding hydrogens is 604 g/mol. The molecule has 1 atom stereocenters. The third-order valence-corrected chi connectivity index (χ3v) is 7.28. The van der Waals surface area contributed by atoms with Crippen LogP contribution in [0.5, 0.6) is 5.75 Å². The van der Waals surface area contributed by atoms with Crippen LogP contribution in [-0.2, 0) is 16.0 Å². The van der Waals surface area contributed by atoms with Gasteiger partial charge in [-0.05, 0) is 72.1 Å². The third kappa shape index (κ3) is 8.91. The number of benzene rings is 3. The van der Waals surface area contributed by atoms with E-state index in [-0.39, 0.29) is 29.3 Å². The molecule has 0 saturated heterocycles. The fourth-order valence-electron chi connectivity index (χ4n) is 4.75. The largest absolute Gasteiger partial charge is 0.495 e. The summed E-state index contributed by atoms with van der Waals surface area (Å²) in [5, 5.41) is 17.8. The van der Waals surface area contributed by atoms with Crippen LogP contribution in [-0.4, -0.2) is 58.9 Å². The fourth-order valence-corrected chi connectivity index (χ4v) is 4.75. The predicted octanol–water partition coefficient (Wildman–Crippen LogP) is 4.61. The van der Waals surface area contributed by atoms with Crippen LogP contribution in [0, 0.1) is 6.92 Å². The first kappa shape index (κ1) is 33.6. The number of anilines is 3. The number of carboxylic acids is 1. The van der Waals surface area contributed by atoms with Crippen LogP contribution < -0.4 is 26.4 Å². The van der Waals surface area contributed by atoms with Gasteiger partial charge in [-0.1, -0.05) is 30.3 Å². The molecule has 4 aromatic rings. The van der Waals surface area contributed by atoms with Gasteiger partial charge in [0.1, 0.15) is 11.6 Å². The summed E-state index contributed by atoms with van der Waals surface area (Å²) in [5.41, 5.74) is 8.80. The number of aliphatic carboxylic acids is 1. The number of nitrogens with one attached hydrogen (secondary N) is 3. The molecule has 3 aromatic carbocycles. The zero-order chi connectivity index (χ0) is 34.1. The van der Waals surface area contributed by atoms with Gasteiger partial charge in [0.25, 0.3) is 5.91 Å². The van der Waals surface area contributed by atoms with Crippen molar-refractivity contribution in [2.45, 2.75) is 25.8 Å². The first-order chi connectivity index (χ1) is 22.4. The Hall–Kier alpha value is -6.24. The minimum atomic E-state index is -1.13. The molecule has 1 heterocycles. The number of aromatic nitrogens is 1. The van der Waals surface area contributed by atoms with Crippen molar-refractivity contribution in [1.82, 2.24) is 9.88 Å². The zero-order valence-electron chi connectivity index (χ0n) is 25.9. The van der Waals surface area contributed by atoms with Gasteiger partial charge in [0.15, 0.2) is 0 Å². The summed E-state index contributed by atoms with van der Waals surface area (Å²) >= 11 is 0. The van der Waals surface area contributed by atoms with Crippen molar-refractivity contribution < 1.29 is 33.8 Å². The van der Waals surface area contributed by atoms with Gasteiger partial charge in [-0.3, -0.25) is 19.2 Å². The van der Waals surface area contributed by atoms with Crippen LogP contribution in [0.15, 0.2) is 85.1 Å². The van der Waals surface area contributed by atoms with Crippen LogP contribution in [0.2, 0.25) is 0 Å². The molecule has 0 spiro atoms. The SMILES string of the molecule is COc1cc(CC(=O)Nc2ccc(C(CC(=O)O)N(C)C(=O)c3ccc(C(N)=O)cc3)cn2)ccc1NC(=O)Nc1ccccc1C. The van der Waals surface area contributed by atoms with E-state index in [1.54, 1.807) is 30.3 Å². The topological polar surface area (TPSA) is 193 Å². The van der Waals surface area contributed by atoms with Crippen LogP contribution >= 0.6 is 0 Å². The molecule has 1 aromatic heterocycles. The Morgan fingerprint density at radius 1 is 0.894 bits per heavy atom. The van der Waals surface area contributed by atoms with Crippen LogP contribution in [0.4, 0.5) is 22.0 Å².